The number of hydrogen-bond acceptors (Lipinski definition) is 3. The lowest BCUT2D eigenvalue weighted by Crippen LogP contribution is -2.14. The van der Waals surface area contributed by atoms with E-state index < -0.39 is 0 Å². The van der Waals surface area contributed by atoms with Gasteiger partial charge in [0.05, 0.1) is 5.69 Å². The summed E-state index contributed by atoms with van der Waals surface area (Å²) in [7, 11) is 0. The zero-order valence-corrected chi connectivity index (χ0v) is 15.9. The van der Waals surface area contributed by atoms with Gasteiger partial charge in [-0.15, -0.1) is 5.10 Å². The highest BCUT2D eigenvalue weighted by Gasteiger charge is 2.19. The highest BCUT2D eigenvalue weighted by Crippen LogP contribution is 2.24. The average molecular weight is 389 g/mol. The number of carbonyl (C=O) groups excluding carboxylic acids is 1. The highest BCUT2D eigenvalue weighted by molar-refractivity contribution is 6.30. The van der Waals surface area contributed by atoms with Crippen LogP contribution in [-0.4, -0.2) is 20.7 Å². The zero-order chi connectivity index (χ0) is 19.5. The molecule has 1 heterocycles. The van der Waals surface area contributed by atoms with E-state index in [4.69, 9.17) is 11.6 Å². The maximum absolute atomic E-state index is 12.7. The van der Waals surface area contributed by atoms with Gasteiger partial charge in [-0.2, -0.15) is 0 Å². The number of nitrogens with one attached hydrogen (secondary N) is 1. The van der Waals surface area contributed by atoms with E-state index in [0.717, 1.165) is 16.8 Å². The Balaban J connectivity index is 1.77. The van der Waals surface area contributed by atoms with Gasteiger partial charge in [-0.05, 0) is 43.3 Å². The van der Waals surface area contributed by atoms with Crippen LogP contribution in [0.4, 0.5) is 5.69 Å². The summed E-state index contributed by atoms with van der Waals surface area (Å²) >= 11 is 6.15. The van der Waals surface area contributed by atoms with E-state index in [1.54, 1.807) is 16.8 Å². The average Bonchev–Trinajstić information content (AvgIpc) is 3.15. The third-order valence-corrected chi connectivity index (χ3v) is 4.44. The van der Waals surface area contributed by atoms with Gasteiger partial charge in [0.15, 0.2) is 5.82 Å². The van der Waals surface area contributed by atoms with Crippen LogP contribution in [0.3, 0.4) is 0 Å². The lowest BCUT2D eigenvalue weighted by molar-refractivity contribution is 0.101. The molecule has 3 aromatic carbocycles. The number of aromatic nitrogens is 3. The van der Waals surface area contributed by atoms with Gasteiger partial charge in [0, 0.05) is 16.3 Å². The number of nitrogens with zero attached hydrogens (tertiary/aromatic N) is 3. The summed E-state index contributed by atoms with van der Waals surface area (Å²) in [5.74, 6) is 0.254. The summed E-state index contributed by atoms with van der Waals surface area (Å²) in [5.41, 5.74) is 3.41. The molecule has 1 N–H and O–H groups in total. The first-order chi connectivity index (χ1) is 13.6. The Morgan fingerprint density at radius 2 is 1.71 bits per heavy atom. The fourth-order valence-electron chi connectivity index (χ4n) is 2.80. The number of amides is 1. The van der Waals surface area contributed by atoms with Gasteiger partial charge >= 0.3 is 0 Å². The smallest absolute Gasteiger partial charge is 0.295 e. The summed E-state index contributed by atoms with van der Waals surface area (Å²) < 4.78 is 1.66. The van der Waals surface area contributed by atoms with Gasteiger partial charge in [-0.25, -0.2) is 9.67 Å². The fraction of sp³-hybridized carbons (Fsp3) is 0.0455. The van der Waals surface area contributed by atoms with Crippen LogP contribution in [0.25, 0.3) is 17.1 Å². The van der Waals surface area contributed by atoms with Crippen molar-refractivity contribution in [2.45, 2.75) is 6.92 Å². The molecule has 5 nitrogen and oxygen atoms in total. The zero-order valence-electron chi connectivity index (χ0n) is 15.1. The van der Waals surface area contributed by atoms with Gasteiger partial charge in [0.1, 0.15) is 0 Å². The van der Waals surface area contributed by atoms with Crippen LogP contribution in [0.1, 0.15) is 16.2 Å². The molecule has 28 heavy (non-hydrogen) atoms. The fourth-order valence-corrected chi connectivity index (χ4v) is 2.99. The Hall–Kier alpha value is -3.44. The van der Waals surface area contributed by atoms with E-state index in [1.807, 2.05) is 73.7 Å². The van der Waals surface area contributed by atoms with E-state index in [1.165, 1.54) is 0 Å². The van der Waals surface area contributed by atoms with Crippen LogP contribution in [0, 0.1) is 6.92 Å². The molecule has 138 valence electrons. The Labute approximate surface area is 167 Å². The normalized spacial score (nSPS) is 10.6. The quantitative estimate of drug-likeness (QED) is 0.526. The van der Waals surface area contributed by atoms with E-state index in [0.29, 0.717) is 16.5 Å². The Morgan fingerprint density at radius 3 is 2.43 bits per heavy atom. The third kappa shape index (κ3) is 3.80. The molecule has 0 radical (unpaired) electrons. The molecular formula is C22H17ClN4O. The summed E-state index contributed by atoms with van der Waals surface area (Å²) in [6.07, 6.45) is 0. The van der Waals surface area contributed by atoms with Crippen molar-refractivity contribution in [1.29, 1.82) is 0 Å². The maximum atomic E-state index is 12.7. The summed E-state index contributed by atoms with van der Waals surface area (Å²) in [5, 5.41) is 7.87. The standard InChI is InChI=1S/C22H17ClN4O/c1-15-10-12-19(13-11-15)27-21(16-6-5-7-17(23)14-16)25-20(26-27)22(28)24-18-8-3-2-4-9-18/h2-14H,1H3,(H,24,28). The number of para-hydroxylation sites is 1. The Kier molecular flexibility index (Phi) is 4.91. The Bertz CT molecular complexity index is 1120. The van der Waals surface area contributed by atoms with Crippen molar-refractivity contribution in [3.8, 4) is 17.1 Å². The Morgan fingerprint density at radius 1 is 0.964 bits per heavy atom. The molecule has 1 aromatic heterocycles. The van der Waals surface area contributed by atoms with Crippen LogP contribution >= 0.6 is 11.6 Å². The molecular weight excluding hydrogens is 372 g/mol. The molecule has 0 unspecified atom stereocenters. The highest BCUT2D eigenvalue weighted by atomic mass is 35.5. The van der Waals surface area contributed by atoms with E-state index in [2.05, 4.69) is 15.4 Å². The number of anilines is 1. The van der Waals surface area contributed by atoms with E-state index in [-0.39, 0.29) is 11.7 Å². The van der Waals surface area contributed by atoms with Crippen molar-refractivity contribution in [2.24, 2.45) is 0 Å². The number of carbonyl (C=O) groups is 1. The molecule has 0 saturated carbocycles. The van der Waals surface area contributed by atoms with Gasteiger partial charge in [-0.1, -0.05) is 59.6 Å². The second-order valence-corrected chi connectivity index (χ2v) is 6.77. The van der Waals surface area contributed by atoms with Crippen LogP contribution in [0.5, 0.6) is 0 Å². The van der Waals surface area contributed by atoms with E-state index in [9.17, 15) is 4.79 Å². The second-order valence-electron chi connectivity index (χ2n) is 6.34. The predicted molar refractivity (Wildman–Crippen MR) is 111 cm³/mol. The molecule has 4 aromatic rings. The minimum absolute atomic E-state index is 0.0828. The van der Waals surface area contributed by atoms with Crippen molar-refractivity contribution >= 4 is 23.2 Å². The second kappa shape index (κ2) is 7.66. The minimum atomic E-state index is -0.375. The maximum Gasteiger partial charge on any atom is 0.295 e. The molecule has 0 bridgehead atoms. The van der Waals surface area contributed by atoms with Crippen LogP contribution in [0.2, 0.25) is 5.02 Å². The monoisotopic (exact) mass is 388 g/mol. The molecule has 6 heteroatoms. The third-order valence-electron chi connectivity index (χ3n) is 4.20. The van der Waals surface area contributed by atoms with Gasteiger partial charge in [0.25, 0.3) is 5.91 Å². The summed E-state index contributed by atoms with van der Waals surface area (Å²) in [4.78, 5) is 17.2. The summed E-state index contributed by atoms with van der Waals surface area (Å²) in [6, 6.07) is 24.4. The molecule has 4 rings (SSSR count). The van der Waals surface area contributed by atoms with Crippen molar-refractivity contribution in [2.75, 3.05) is 5.32 Å². The number of rotatable bonds is 4. The number of benzene rings is 3. The first kappa shape index (κ1) is 17.9. The van der Waals surface area contributed by atoms with Crippen LogP contribution in [-0.2, 0) is 0 Å². The molecule has 0 aliphatic rings. The molecule has 0 atom stereocenters. The van der Waals surface area contributed by atoms with Crippen LogP contribution < -0.4 is 5.32 Å². The molecule has 0 aliphatic heterocycles. The van der Waals surface area contributed by atoms with Crippen molar-refractivity contribution in [3.05, 3.63) is 95.3 Å². The number of halogens is 1. The van der Waals surface area contributed by atoms with Gasteiger partial charge < -0.3 is 5.32 Å². The van der Waals surface area contributed by atoms with Crippen molar-refractivity contribution in [3.63, 3.8) is 0 Å². The lowest BCUT2D eigenvalue weighted by Gasteiger charge is -2.06. The largest absolute Gasteiger partial charge is 0.319 e. The first-order valence-corrected chi connectivity index (χ1v) is 9.14. The first-order valence-electron chi connectivity index (χ1n) is 8.76. The SMILES string of the molecule is Cc1ccc(-n2nc(C(=O)Nc3ccccc3)nc2-c2cccc(Cl)c2)cc1. The van der Waals surface area contributed by atoms with Gasteiger partial charge in [0.2, 0.25) is 5.82 Å². The minimum Gasteiger partial charge on any atom is -0.319 e. The van der Waals surface area contributed by atoms with Crippen LogP contribution in [0.15, 0.2) is 78.9 Å². The molecule has 0 spiro atoms. The lowest BCUT2D eigenvalue weighted by atomic mass is 10.2. The molecule has 0 saturated heterocycles. The van der Waals surface area contributed by atoms with E-state index >= 15 is 0 Å². The van der Waals surface area contributed by atoms with Gasteiger partial charge in [-0.3, -0.25) is 4.79 Å². The summed E-state index contributed by atoms with van der Waals surface area (Å²) in [6.45, 7) is 2.02. The number of aryl methyl sites for hydroxylation is 1. The number of hydrogen-bond donors (Lipinski definition) is 1. The predicted octanol–water partition coefficient (Wildman–Crippen LogP) is 5.15. The molecule has 0 aliphatic carbocycles. The topological polar surface area (TPSA) is 59.8 Å². The van der Waals surface area contributed by atoms with Crippen molar-refractivity contribution < 1.29 is 4.79 Å². The molecule has 0 fully saturated rings. The van der Waals surface area contributed by atoms with Crippen molar-refractivity contribution in [1.82, 2.24) is 14.8 Å². The molecule has 1 amide bonds.